The molecule has 1 unspecified atom stereocenters. The number of hydrogen-bond acceptors (Lipinski definition) is 2. The Balaban J connectivity index is 2.13. The number of nitrogens with one attached hydrogen (secondary N) is 2. The number of benzene rings is 1. The van der Waals surface area contributed by atoms with Crippen molar-refractivity contribution < 1.29 is 0 Å². The summed E-state index contributed by atoms with van der Waals surface area (Å²) in [6.45, 7) is 8.73. The van der Waals surface area contributed by atoms with E-state index >= 15 is 0 Å². The van der Waals surface area contributed by atoms with Gasteiger partial charge >= 0.3 is 0 Å². The molecule has 1 aromatic carbocycles. The average molecular weight is 243 g/mol. The first kappa shape index (κ1) is 11.7. The minimum absolute atomic E-state index is 0.658. The summed E-state index contributed by atoms with van der Waals surface area (Å²) in [5.41, 5.74) is 6.57. The lowest BCUT2D eigenvalue weighted by Gasteiger charge is -2.25. The number of rotatable bonds is 1. The second-order valence-corrected chi connectivity index (χ2v) is 5.48. The van der Waals surface area contributed by atoms with Crippen LogP contribution in [0.25, 0.3) is 11.0 Å². The third-order valence-corrected chi connectivity index (χ3v) is 4.24. The van der Waals surface area contributed by atoms with Crippen molar-refractivity contribution in [2.75, 3.05) is 13.1 Å². The van der Waals surface area contributed by atoms with Gasteiger partial charge in [-0.1, -0.05) is 0 Å². The number of hydrogen-bond donors (Lipinski definition) is 2. The van der Waals surface area contributed by atoms with Crippen LogP contribution < -0.4 is 5.32 Å². The fourth-order valence-electron chi connectivity index (χ4n) is 3.10. The zero-order valence-electron chi connectivity index (χ0n) is 11.4. The molecule has 2 aromatic rings. The maximum Gasteiger partial charge on any atom is 0.104 e. The number of aryl methyl sites for hydroxylation is 2. The number of aromatic amines is 1. The molecule has 3 heteroatoms. The number of piperidine rings is 1. The van der Waals surface area contributed by atoms with Gasteiger partial charge in [0.15, 0.2) is 0 Å². The van der Waals surface area contributed by atoms with Gasteiger partial charge in [-0.2, -0.15) is 0 Å². The standard InChI is InChI=1S/C15H21N3/c1-9-10(2)15-14(17-11(3)18-15)7-13(9)12-5-4-6-16-8-12/h7,12,16H,4-6,8H2,1-3H3,(H,17,18). The Hall–Kier alpha value is -1.35. The lowest BCUT2D eigenvalue weighted by Crippen LogP contribution is -2.28. The van der Waals surface area contributed by atoms with E-state index < -0.39 is 0 Å². The average Bonchev–Trinajstić information content (AvgIpc) is 2.76. The normalized spacial score (nSPS) is 20.5. The molecule has 0 aliphatic carbocycles. The van der Waals surface area contributed by atoms with Gasteiger partial charge in [0, 0.05) is 6.54 Å². The maximum absolute atomic E-state index is 4.59. The zero-order chi connectivity index (χ0) is 12.7. The van der Waals surface area contributed by atoms with E-state index in [1.54, 1.807) is 0 Å². The highest BCUT2D eigenvalue weighted by Crippen LogP contribution is 2.31. The first-order chi connectivity index (χ1) is 8.66. The summed E-state index contributed by atoms with van der Waals surface area (Å²) in [6, 6.07) is 2.31. The van der Waals surface area contributed by atoms with Gasteiger partial charge in [0.1, 0.15) is 5.82 Å². The van der Waals surface area contributed by atoms with Gasteiger partial charge in [-0.3, -0.25) is 0 Å². The lowest BCUT2D eigenvalue weighted by molar-refractivity contribution is 0.460. The molecule has 1 saturated heterocycles. The van der Waals surface area contributed by atoms with E-state index in [4.69, 9.17) is 0 Å². The van der Waals surface area contributed by atoms with E-state index in [9.17, 15) is 0 Å². The number of fused-ring (bicyclic) bond motifs is 1. The van der Waals surface area contributed by atoms with E-state index in [0.717, 1.165) is 17.9 Å². The van der Waals surface area contributed by atoms with E-state index in [1.807, 2.05) is 6.92 Å². The van der Waals surface area contributed by atoms with Crippen molar-refractivity contribution in [1.29, 1.82) is 0 Å². The van der Waals surface area contributed by atoms with Crippen molar-refractivity contribution in [3.05, 3.63) is 28.6 Å². The molecule has 1 fully saturated rings. The summed E-state index contributed by atoms with van der Waals surface area (Å²) in [5, 5.41) is 3.51. The van der Waals surface area contributed by atoms with Crippen LogP contribution in [0.15, 0.2) is 6.07 Å². The summed E-state index contributed by atoms with van der Waals surface area (Å²) in [6.07, 6.45) is 2.58. The molecular weight excluding hydrogens is 222 g/mol. The minimum atomic E-state index is 0.658. The zero-order valence-corrected chi connectivity index (χ0v) is 11.4. The number of nitrogens with zero attached hydrogens (tertiary/aromatic N) is 1. The Bertz CT molecular complexity index is 577. The van der Waals surface area contributed by atoms with Crippen LogP contribution in [0.3, 0.4) is 0 Å². The fourth-order valence-corrected chi connectivity index (χ4v) is 3.10. The predicted molar refractivity (Wildman–Crippen MR) is 75.1 cm³/mol. The monoisotopic (exact) mass is 243 g/mol. The summed E-state index contributed by atoms with van der Waals surface area (Å²) < 4.78 is 0. The highest BCUT2D eigenvalue weighted by atomic mass is 14.9. The molecule has 96 valence electrons. The van der Waals surface area contributed by atoms with Crippen LogP contribution in [0.1, 0.15) is 41.3 Å². The third-order valence-electron chi connectivity index (χ3n) is 4.24. The Morgan fingerprint density at radius 2 is 2.06 bits per heavy atom. The molecule has 0 saturated carbocycles. The SMILES string of the molecule is Cc1nc2c(C)c(C)c(C3CCCNC3)cc2[nH]1. The smallest absolute Gasteiger partial charge is 0.104 e. The van der Waals surface area contributed by atoms with Crippen molar-refractivity contribution in [1.82, 2.24) is 15.3 Å². The minimum Gasteiger partial charge on any atom is -0.342 e. The molecule has 3 nitrogen and oxygen atoms in total. The van der Waals surface area contributed by atoms with E-state index in [0.29, 0.717) is 5.92 Å². The molecule has 1 atom stereocenters. The molecular formula is C15H21N3. The summed E-state index contributed by atoms with van der Waals surface area (Å²) in [4.78, 5) is 7.96. The second kappa shape index (κ2) is 4.39. The van der Waals surface area contributed by atoms with Gasteiger partial charge in [-0.15, -0.1) is 0 Å². The van der Waals surface area contributed by atoms with Crippen molar-refractivity contribution in [3.8, 4) is 0 Å². The molecule has 2 N–H and O–H groups in total. The lowest BCUT2D eigenvalue weighted by atomic mass is 9.86. The van der Waals surface area contributed by atoms with Gasteiger partial charge in [0.05, 0.1) is 11.0 Å². The van der Waals surface area contributed by atoms with Gasteiger partial charge < -0.3 is 10.3 Å². The van der Waals surface area contributed by atoms with Gasteiger partial charge in [-0.05, 0) is 68.8 Å². The quantitative estimate of drug-likeness (QED) is 0.808. The largest absolute Gasteiger partial charge is 0.342 e. The first-order valence-electron chi connectivity index (χ1n) is 6.84. The number of H-pyrrole nitrogens is 1. The van der Waals surface area contributed by atoms with Gasteiger partial charge in [0.2, 0.25) is 0 Å². The Morgan fingerprint density at radius 1 is 1.22 bits per heavy atom. The Labute approximate surface area is 108 Å². The molecule has 1 aromatic heterocycles. The van der Waals surface area contributed by atoms with E-state index in [2.05, 4.69) is 35.2 Å². The molecule has 1 aliphatic rings. The van der Waals surface area contributed by atoms with Crippen molar-refractivity contribution >= 4 is 11.0 Å². The highest BCUT2D eigenvalue weighted by Gasteiger charge is 2.19. The fraction of sp³-hybridized carbons (Fsp3) is 0.533. The third kappa shape index (κ3) is 1.83. The molecule has 18 heavy (non-hydrogen) atoms. The molecule has 2 heterocycles. The molecule has 3 rings (SSSR count). The predicted octanol–water partition coefficient (Wildman–Crippen LogP) is 2.96. The van der Waals surface area contributed by atoms with Crippen LogP contribution in [0.5, 0.6) is 0 Å². The van der Waals surface area contributed by atoms with Crippen LogP contribution >= 0.6 is 0 Å². The van der Waals surface area contributed by atoms with E-state index in [-0.39, 0.29) is 0 Å². The maximum atomic E-state index is 4.59. The molecule has 0 amide bonds. The number of imidazole rings is 1. The Morgan fingerprint density at radius 3 is 2.78 bits per heavy atom. The summed E-state index contributed by atoms with van der Waals surface area (Å²) in [5.74, 6) is 1.66. The van der Waals surface area contributed by atoms with Crippen molar-refractivity contribution in [3.63, 3.8) is 0 Å². The van der Waals surface area contributed by atoms with E-state index in [1.165, 1.54) is 41.6 Å². The molecule has 0 bridgehead atoms. The van der Waals surface area contributed by atoms with Crippen LogP contribution in [-0.2, 0) is 0 Å². The van der Waals surface area contributed by atoms with Crippen LogP contribution in [-0.4, -0.2) is 23.1 Å². The topological polar surface area (TPSA) is 40.7 Å². The highest BCUT2D eigenvalue weighted by molar-refractivity contribution is 5.81. The number of aromatic nitrogens is 2. The molecule has 1 aliphatic heterocycles. The Kier molecular flexibility index (Phi) is 2.86. The van der Waals surface area contributed by atoms with Crippen molar-refractivity contribution in [2.24, 2.45) is 0 Å². The van der Waals surface area contributed by atoms with Crippen LogP contribution in [0.4, 0.5) is 0 Å². The van der Waals surface area contributed by atoms with Crippen LogP contribution in [0, 0.1) is 20.8 Å². The van der Waals surface area contributed by atoms with Gasteiger partial charge in [0.25, 0.3) is 0 Å². The molecule has 0 radical (unpaired) electrons. The first-order valence-corrected chi connectivity index (χ1v) is 6.84. The molecule has 0 spiro atoms. The summed E-state index contributed by atoms with van der Waals surface area (Å²) >= 11 is 0. The van der Waals surface area contributed by atoms with Gasteiger partial charge in [-0.25, -0.2) is 4.98 Å². The second-order valence-electron chi connectivity index (χ2n) is 5.48. The van der Waals surface area contributed by atoms with Crippen molar-refractivity contribution in [2.45, 2.75) is 39.5 Å². The summed E-state index contributed by atoms with van der Waals surface area (Å²) in [7, 11) is 0. The van der Waals surface area contributed by atoms with Crippen LogP contribution in [0.2, 0.25) is 0 Å².